The van der Waals surface area contributed by atoms with Gasteiger partial charge in [0, 0.05) is 43.6 Å². The summed E-state index contributed by atoms with van der Waals surface area (Å²) >= 11 is 1.92. The molecule has 4 rings (SSSR count). The van der Waals surface area contributed by atoms with Crippen LogP contribution in [0.2, 0.25) is 0 Å². The average Bonchev–Trinajstić information content (AvgIpc) is 3.17. The van der Waals surface area contributed by atoms with Gasteiger partial charge in [-0.25, -0.2) is 9.78 Å². The van der Waals surface area contributed by atoms with Gasteiger partial charge < -0.3 is 14.7 Å². The van der Waals surface area contributed by atoms with Crippen molar-refractivity contribution in [2.45, 2.75) is 30.1 Å². The second-order valence-electron chi connectivity index (χ2n) is 7.05. The Hall–Kier alpha value is -2.73. The smallest absolute Gasteiger partial charge is 0.475 e. The fourth-order valence-corrected chi connectivity index (χ4v) is 4.74. The van der Waals surface area contributed by atoms with Gasteiger partial charge in [0.15, 0.2) is 0 Å². The van der Waals surface area contributed by atoms with E-state index in [1.807, 2.05) is 35.0 Å². The number of aromatic nitrogens is 3. The zero-order valence-corrected chi connectivity index (χ0v) is 17.0. The lowest BCUT2D eigenvalue weighted by atomic mass is 9.92. The van der Waals surface area contributed by atoms with Crippen molar-refractivity contribution < 1.29 is 32.6 Å². The molecule has 0 saturated carbocycles. The van der Waals surface area contributed by atoms with Crippen LogP contribution in [0.15, 0.2) is 43.1 Å². The SMILES string of the molecule is O=C(O)C(F)(F)F.O=C(c1cnccn1)N1CC2(CC(OCc3cccnc3)CS2)C1. The Morgan fingerprint density at radius 1 is 1.23 bits per heavy atom. The summed E-state index contributed by atoms with van der Waals surface area (Å²) in [6.07, 6.45) is 4.39. The van der Waals surface area contributed by atoms with E-state index in [1.54, 1.807) is 18.6 Å². The molecule has 2 aromatic rings. The minimum absolute atomic E-state index is 0.0333. The number of carbonyl (C=O) groups is 2. The van der Waals surface area contributed by atoms with Gasteiger partial charge in [-0.05, 0) is 18.1 Å². The van der Waals surface area contributed by atoms with Crippen LogP contribution in [0.4, 0.5) is 13.2 Å². The first-order valence-electron chi connectivity index (χ1n) is 9.18. The molecule has 166 valence electrons. The van der Waals surface area contributed by atoms with E-state index in [1.165, 1.54) is 6.20 Å². The van der Waals surface area contributed by atoms with Gasteiger partial charge in [-0.3, -0.25) is 14.8 Å². The van der Waals surface area contributed by atoms with Crippen molar-refractivity contribution >= 4 is 23.6 Å². The van der Waals surface area contributed by atoms with E-state index in [2.05, 4.69) is 15.0 Å². The molecule has 2 aliphatic heterocycles. The highest BCUT2D eigenvalue weighted by atomic mass is 32.2. The molecule has 31 heavy (non-hydrogen) atoms. The minimum atomic E-state index is -5.08. The summed E-state index contributed by atoms with van der Waals surface area (Å²) in [7, 11) is 0. The van der Waals surface area contributed by atoms with E-state index in [9.17, 15) is 18.0 Å². The number of carbonyl (C=O) groups excluding carboxylic acids is 1. The largest absolute Gasteiger partial charge is 0.490 e. The number of likely N-dealkylation sites (tertiary alicyclic amines) is 1. The molecule has 2 saturated heterocycles. The third-order valence-corrected chi connectivity index (χ3v) is 6.23. The first kappa shape index (κ1) is 22.9. The van der Waals surface area contributed by atoms with E-state index in [4.69, 9.17) is 14.6 Å². The molecule has 0 aliphatic carbocycles. The Morgan fingerprint density at radius 3 is 2.52 bits per heavy atom. The molecule has 8 nitrogen and oxygen atoms in total. The second kappa shape index (κ2) is 9.60. The molecule has 1 atom stereocenters. The van der Waals surface area contributed by atoms with Crippen LogP contribution in [0.1, 0.15) is 22.5 Å². The number of rotatable bonds is 4. The zero-order valence-electron chi connectivity index (χ0n) is 16.2. The Bertz CT molecular complexity index is 896. The summed E-state index contributed by atoms with van der Waals surface area (Å²) in [5.41, 5.74) is 1.51. The number of ether oxygens (including phenoxy) is 1. The van der Waals surface area contributed by atoms with Gasteiger partial charge in [-0.1, -0.05) is 6.07 Å². The van der Waals surface area contributed by atoms with Crippen LogP contribution in [0, 0.1) is 0 Å². The van der Waals surface area contributed by atoms with Crippen LogP contribution in [-0.4, -0.2) is 72.7 Å². The van der Waals surface area contributed by atoms with E-state index in [0.29, 0.717) is 12.3 Å². The number of alkyl halides is 3. The highest BCUT2D eigenvalue weighted by molar-refractivity contribution is 8.01. The quantitative estimate of drug-likeness (QED) is 0.748. The van der Waals surface area contributed by atoms with Crippen molar-refractivity contribution in [1.82, 2.24) is 19.9 Å². The second-order valence-corrected chi connectivity index (χ2v) is 8.54. The predicted octanol–water partition coefficient (Wildman–Crippen LogP) is 2.42. The number of pyridine rings is 1. The maximum Gasteiger partial charge on any atom is 0.490 e. The molecule has 1 N–H and O–H groups in total. The van der Waals surface area contributed by atoms with Crippen molar-refractivity contribution in [1.29, 1.82) is 0 Å². The third-order valence-electron chi connectivity index (χ3n) is 4.65. The lowest BCUT2D eigenvalue weighted by Crippen LogP contribution is -2.60. The molecule has 1 unspecified atom stereocenters. The van der Waals surface area contributed by atoms with Crippen LogP contribution in [0.3, 0.4) is 0 Å². The van der Waals surface area contributed by atoms with Crippen molar-refractivity contribution in [2.24, 2.45) is 0 Å². The van der Waals surface area contributed by atoms with Gasteiger partial charge in [-0.2, -0.15) is 13.2 Å². The highest BCUT2D eigenvalue weighted by Crippen LogP contribution is 2.46. The van der Waals surface area contributed by atoms with Gasteiger partial charge in [0.05, 0.1) is 23.7 Å². The first-order chi connectivity index (χ1) is 14.7. The van der Waals surface area contributed by atoms with Gasteiger partial charge in [-0.15, -0.1) is 11.8 Å². The zero-order chi connectivity index (χ0) is 22.5. The van der Waals surface area contributed by atoms with Gasteiger partial charge in [0.25, 0.3) is 5.91 Å². The normalized spacial score (nSPS) is 19.3. The molecular weight excluding hydrogens is 437 g/mol. The lowest BCUT2D eigenvalue weighted by molar-refractivity contribution is -0.192. The maximum atomic E-state index is 12.3. The summed E-state index contributed by atoms with van der Waals surface area (Å²) in [6, 6.07) is 3.95. The predicted molar refractivity (Wildman–Crippen MR) is 104 cm³/mol. The summed E-state index contributed by atoms with van der Waals surface area (Å²) < 4.78 is 37.9. The van der Waals surface area contributed by atoms with Gasteiger partial charge in [0.1, 0.15) is 5.69 Å². The molecule has 0 bridgehead atoms. The number of amides is 1. The lowest BCUT2D eigenvalue weighted by Gasteiger charge is -2.47. The van der Waals surface area contributed by atoms with Crippen LogP contribution in [0.5, 0.6) is 0 Å². The Labute approximate surface area is 179 Å². The standard InChI is InChI=1S/C17H18N4O2S.C2HF3O2/c22-16(15-8-19-4-5-20-15)21-11-17(12-21)6-14(10-24-17)23-9-13-2-1-3-18-7-13;3-2(4,5)1(6)7/h1-5,7-8,14H,6,9-12H2;(H,6,7). The molecule has 0 radical (unpaired) electrons. The molecule has 0 aromatic carbocycles. The number of hydrogen-bond donors (Lipinski definition) is 1. The van der Waals surface area contributed by atoms with E-state index < -0.39 is 12.1 Å². The Kier molecular flexibility index (Phi) is 7.11. The van der Waals surface area contributed by atoms with Gasteiger partial charge in [0.2, 0.25) is 0 Å². The number of thioether (sulfide) groups is 1. The molecular formula is C19H19F3N4O4S. The summed E-state index contributed by atoms with van der Waals surface area (Å²) in [5.74, 6) is -1.81. The van der Waals surface area contributed by atoms with Crippen LogP contribution >= 0.6 is 11.8 Å². The maximum absolute atomic E-state index is 12.3. The summed E-state index contributed by atoms with van der Waals surface area (Å²) in [6.45, 7) is 2.12. The third kappa shape index (κ3) is 6.14. The minimum Gasteiger partial charge on any atom is -0.475 e. The molecule has 2 aliphatic rings. The average molecular weight is 456 g/mol. The first-order valence-corrected chi connectivity index (χ1v) is 10.2. The van der Waals surface area contributed by atoms with Crippen molar-refractivity contribution in [3.05, 3.63) is 54.4 Å². The molecule has 2 fully saturated rings. The topological polar surface area (TPSA) is 106 Å². The van der Waals surface area contributed by atoms with Crippen LogP contribution in [-0.2, 0) is 16.1 Å². The summed E-state index contributed by atoms with van der Waals surface area (Å²) in [5, 5.41) is 7.12. The fraction of sp³-hybridized carbons (Fsp3) is 0.421. The van der Waals surface area contributed by atoms with Crippen molar-refractivity contribution in [3.63, 3.8) is 0 Å². The number of carboxylic acids is 1. The van der Waals surface area contributed by atoms with Crippen LogP contribution in [0.25, 0.3) is 0 Å². The van der Waals surface area contributed by atoms with E-state index in [0.717, 1.165) is 30.8 Å². The van der Waals surface area contributed by atoms with Crippen molar-refractivity contribution in [3.8, 4) is 0 Å². The highest BCUT2D eigenvalue weighted by Gasteiger charge is 2.51. The fourth-order valence-electron chi connectivity index (χ4n) is 3.19. The number of halogens is 3. The molecule has 1 amide bonds. The Balaban J connectivity index is 0.000000339. The number of hydrogen-bond acceptors (Lipinski definition) is 7. The van der Waals surface area contributed by atoms with E-state index >= 15 is 0 Å². The molecule has 2 aromatic heterocycles. The Morgan fingerprint density at radius 2 is 1.94 bits per heavy atom. The summed E-state index contributed by atoms with van der Waals surface area (Å²) in [4.78, 5) is 35.2. The molecule has 1 spiro atoms. The molecule has 4 heterocycles. The number of aliphatic carboxylic acids is 1. The number of carboxylic acid groups (broad SMARTS) is 1. The van der Waals surface area contributed by atoms with Gasteiger partial charge >= 0.3 is 12.1 Å². The number of nitrogens with zero attached hydrogens (tertiary/aromatic N) is 4. The van der Waals surface area contributed by atoms with Crippen molar-refractivity contribution in [2.75, 3.05) is 18.8 Å². The van der Waals surface area contributed by atoms with E-state index in [-0.39, 0.29) is 16.8 Å². The van der Waals surface area contributed by atoms with Crippen LogP contribution < -0.4 is 0 Å². The molecule has 12 heteroatoms. The monoisotopic (exact) mass is 456 g/mol.